The molecule has 2 N–H and O–H groups in total. The smallest absolute Gasteiger partial charge is 0.267 e. The van der Waals surface area contributed by atoms with Crippen molar-refractivity contribution >= 4 is 57.3 Å². The van der Waals surface area contributed by atoms with Crippen molar-refractivity contribution in [1.82, 2.24) is 4.90 Å². The van der Waals surface area contributed by atoms with Gasteiger partial charge in [0.1, 0.15) is 10.9 Å². The highest BCUT2D eigenvalue weighted by Crippen LogP contribution is 2.44. The highest BCUT2D eigenvalue weighted by atomic mass is 32.2. The minimum absolute atomic E-state index is 0.248. The molecule has 0 aromatic heterocycles. The molecular weight excluding hydrogens is 462 g/mol. The third-order valence-corrected chi connectivity index (χ3v) is 6.83. The molecule has 2 aliphatic rings. The van der Waals surface area contributed by atoms with Crippen molar-refractivity contribution in [2.24, 2.45) is 5.73 Å². The van der Waals surface area contributed by atoms with Crippen LogP contribution in [-0.4, -0.2) is 54.3 Å². The number of thiocarbonyl (C=S) groups is 1. The summed E-state index contributed by atoms with van der Waals surface area (Å²) in [6, 6.07) is 12.6. The van der Waals surface area contributed by atoms with Crippen molar-refractivity contribution in [2.45, 2.75) is 6.42 Å². The Morgan fingerprint density at radius 2 is 1.76 bits per heavy atom. The molecule has 33 heavy (non-hydrogen) atoms. The fraction of sp³-hybridized carbons (Fsp3) is 0.217. The number of hydrogen-bond donors (Lipinski definition) is 1. The topological polar surface area (TPSA) is 102 Å². The van der Waals surface area contributed by atoms with Crippen LogP contribution in [0.5, 0.6) is 11.5 Å². The van der Waals surface area contributed by atoms with Crippen molar-refractivity contribution in [3.05, 3.63) is 58.5 Å². The summed E-state index contributed by atoms with van der Waals surface area (Å²) in [5.41, 5.74) is 7.66. The van der Waals surface area contributed by atoms with E-state index in [9.17, 15) is 14.4 Å². The van der Waals surface area contributed by atoms with Gasteiger partial charge in [-0.15, -0.1) is 0 Å². The van der Waals surface area contributed by atoms with Crippen LogP contribution in [0.15, 0.2) is 47.4 Å². The van der Waals surface area contributed by atoms with Crippen LogP contribution in [0.3, 0.4) is 0 Å². The SMILES string of the molecule is COc1ccc(CCN2C(=O)C(=C3C(=O)N(CC(N)=O)c4ccccc43)SC2=S)cc1OC. The van der Waals surface area contributed by atoms with Gasteiger partial charge in [-0.3, -0.25) is 24.2 Å². The average molecular weight is 484 g/mol. The summed E-state index contributed by atoms with van der Waals surface area (Å²) >= 11 is 6.56. The number of para-hydroxylation sites is 1. The normalized spacial score (nSPS) is 17.6. The molecule has 1 fully saturated rings. The molecule has 2 aromatic carbocycles. The van der Waals surface area contributed by atoms with Gasteiger partial charge in [0, 0.05) is 12.1 Å². The molecule has 1 saturated heterocycles. The second kappa shape index (κ2) is 9.24. The van der Waals surface area contributed by atoms with Crippen LogP contribution in [-0.2, 0) is 20.8 Å². The maximum absolute atomic E-state index is 13.3. The van der Waals surface area contributed by atoms with Crippen LogP contribution in [0, 0.1) is 0 Å². The Labute approximate surface area is 200 Å². The van der Waals surface area contributed by atoms with Gasteiger partial charge in [0.2, 0.25) is 5.91 Å². The van der Waals surface area contributed by atoms with E-state index in [1.165, 1.54) is 9.80 Å². The fourth-order valence-corrected chi connectivity index (χ4v) is 5.21. The van der Waals surface area contributed by atoms with E-state index in [0.29, 0.717) is 40.0 Å². The number of methoxy groups -OCH3 is 2. The van der Waals surface area contributed by atoms with E-state index in [1.54, 1.807) is 38.5 Å². The number of thioether (sulfide) groups is 1. The number of hydrogen-bond acceptors (Lipinski definition) is 7. The van der Waals surface area contributed by atoms with E-state index in [2.05, 4.69) is 0 Å². The van der Waals surface area contributed by atoms with Gasteiger partial charge in [-0.25, -0.2) is 0 Å². The van der Waals surface area contributed by atoms with Gasteiger partial charge in [0.25, 0.3) is 11.8 Å². The molecule has 0 atom stereocenters. The third kappa shape index (κ3) is 4.19. The molecular formula is C23H21N3O5S2. The van der Waals surface area contributed by atoms with Crippen LogP contribution < -0.4 is 20.1 Å². The molecule has 4 rings (SSSR count). The summed E-state index contributed by atoms with van der Waals surface area (Å²) < 4.78 is 11.0. The maximum Gasteiger partial charge on any atom is 0.267 e. The predicted molar refractivity (Wildman–Crippen MR) is 130 cm³/mol. The molecule has 0 bridgehead atoms. The number of benzene rings is 2. The van der Waals surface area contributed by atoms with Crippen LogP contribution in [0.4, 0.5) is 5.69 Å². The Bertz CT molecular complexity index is 1210. The molecule has 8 nitrogen and oxygen atoms in total. The summed E-state index contributed by atoms with van der Waals surface area (Å²) in [4.78, 5) is 41.0. The minimum atomic E-state index is -0.637. The van der Waals surface area contributed by atoms with E-state index >= 15 is 0 Å². The van der Waals surface area contributed by atoms with Crippen molar-refractivity contribution < 1.29 is 23.9 Å². The molecule has 170 valence electrons. The first-order chi connectivity index (χ1) is 15.8. The number of amides is 3. The van der Waals surface area contributed by atoms with Gasteiger partial charge in [-0.2, -0.15) is 0 Å². The number of primary amides is 1. The predicted octanol–water partition coefficient (Wildman–Crippen LogP) is 2.35. The standard InChI is InChI=1S/C23H21N3O5S2/c1-30-16-8-7-13(11-17(16)31-2)9-10-25-22(29)20(33-23(25)32)19-14-5-3-4-6-15(14)26(21(19)28)12-18(24)27/h3-8,11H,9-10,12H2,1-2H3,(H2,24,27). The van der Waals surface area contributed by atoms with Crippen molar-refractivity contribution in [2.75, 3.05) is 32.2 Å². The third-order valence-electron chi connectivity index (χ3n) is 5.39. The molecule has 3 amide bonds. The van der Waals surface area contributed by atoms with E-state index in [4.69, 9.17) is 27.4 Å². The summed E-state index contributed by atoms with van der Waals surface area (Å²) in [7, 11) is 3.13. The highest BCUT2D eigenvalue weighted by Gasteiger charge is 2.42. The summed E-state index contributed by atoms with van der Waals surface area (Å²) in [5.74, 6) is -0.178. The quantitative estimate of drug-likeness (QED) is 0.476. The monoisotopic (exact) mass is 483 g/mol. The van der Waals surface area contributed by atoms with E-state index in [1.807, 2.05) is 18.2 Å². The average Bonchev–Trinajstić information content (AvgIpc) is 3.23. The van der Waals surface area contributed by atoms with Crippen molar-refractivity contribution in [3.63, 3.8) is 0 Å². The number of carbonyl (C=O) groups is 3. The fourth-order valence-electron chi connectivity index (χ4n) is 3.83. The first kappa shape index (κ1) is 22.8. The number of anilines is 1. The van der Waals surface area contributed by atoms with Gasteiger partial charge >= 0.3 is 0 Å². The van der Waals surface area contributed by atoms with E-state index in [-0.39, 0.29) is 22.9 Å². The Morgan fingerprint density at radius 3 is 2.45 bits per heavy atom. The second-order valence-electron chi connectivity index (χ2n) is 7.34. The number of nitrogens with zero attached hydrogens (tertiary/aromatic N) is 2. The Balaban J connectivity index is 1.60. The lowest BCUT2D eigenvalue weighted by Gasteiger charge is -2.15. The number of fused-ring (bicyclic) bond motifs is 1. The molecule has 2 aromatic rings. The Hall–Kier alpha value is -3.37. The van der Waals surface area contributed by atoms with Gasteiger partial charge in [-0.05, 0) is 30.2 Å². The second-order valence-corrected chi connectivity index (χ2v) is 8.99. The number of carbonyl (C=O) groups excluding carboxylic acids is 3. The number of ether oxygens (including phenoxy) is 2. The zero-order chi connectivity index (χ0) is 23.7. The first-order valence-electron chi connectivity index (χ1n) is 10.0. The lowest BCUT2D eigenvalue weighted by atomic mass is 10.1. The van der Waals surface area contributed by atoms with Gasteiger partial charge in [0.05, 0.1) is 30.4 Å². The molecule has 0 spiro atoms. The summed E-state index contributed by atoms with van der Waals surface area (Å²) in [5, 5.41) is 0. The van der Waals surface area contributed by atoms with Crippen LogP contribution in [0.2, 0.25) is 0 Å². The van der Waals surface area contributed by atoms with Gasteiger partial charge in [0.15, 0.2) is 11.5 Å². The lowest BCUT2D eigenvalue weighted by Crippen LogP contribution is -2.36. The Kier molecular flexibility index (Phi) is 6.39. The maximum atomic E-state index is 13.3. The summed E-state index contributed by atoms with van der Waals surface area (Å²) in [6.07, 6.45) is 0.535. The Morgan fingerprint density at radius 1 is 1.03 bits per heavy atom. The first-order valence-corrected chi connectivity index (χ1v) is 11.3. The minimum Gasteiger partial charge on any atom is -0.493 e. The van der Waals surface area contributed by atoms with Gasteiger partial charge in [-0.1, -0.05) is 48.2 Å². The van der Waals surface area contributed by atoms with Crippen molar-refractivity contribution in [1.29, 1.82) is 0 Å². The lowest BCUT2D eigenvalue weighted by molar-refractivity contribution is -0.122. The number of rotatable bonds is 7. The summed E-state index contributed by atoms with van der Waals surface area (Å²) in [6.45, 7) is 0.0801. The molecule has 0 aliphatic carbocycles. The van der Waals surface area contributed by atoms with Crippen LogP contribution in [0.1, 0.15) is 11.1 Å². The van der Waals surface area contributed by atoms with E-state index in [0.717, 1.165) is 17.3 Å². The number of nitrogens with two attached hydrogens (primary N) is 1. The largest absolute Gasteiger partial charge is 0.493 e. The zero-order valence-electron chi connectivity index (χ0n) is 18.0. The van der Waals surface area contributed by atoms with Crippen molar-refractivity contribution in [3.8, 4) is 11.5 Å². The molecule has 10 heteroatoms. The van der Waals surface area contributed by atoms with Crippen LogP contribution in [0.25, 0.3) is 5.57 Å². The highest BCUT2D eigenvalue weighted by molar-refractivity contribution is 8.26. The van der Waals surface area contributed by atoms with E-state index < -0.39 is 11.8 Å². The molecule has 0 radical (unpaired) electrons. The molecule has 2 aliphatic heterocycles. The zero-order valence-corrected chi connectivity index (χ0v) is 19.6. The molecule has 2 heterocycles. The molecule has 0 saturated carbocycles. The van der Waals surface area contributed by atoms with Crippen LogP contribution >= 0.6 is 24.0 Å². The van der Waals surface area contributed by atoms with Gasteiger partial charge < -0.3 is 15.2 Å². The molecule has 0 unspecified atom stereocenters.